The lowest BCUT2D eigenvalue weighted by atomic mass is 9.86. The summed E-state index contributed by atoms with van der Waals surface area (Å²) in [6.07, 6.45) is 8.03. The number of carbonyl (C=O) groups is 1. The second kappa shape index (κ2) is 12.0. The molecule has 2 unspecified atom stereocenters. The van der Waals surface area contributed by atoms with E-state index in [9.17, 15) is 4.79 Å². The second-order valence-electron chi connectivity index (χ2n) is 11.6. The molecule has 1 aromatic carbocycles. The number of ether oxygens (including phenoxy) is 2. The number of morpholine rings is 1. The molecule has 0 spiro atoms. The largest absolute Gasteiger partial charge is 0.490 e. The summed E-state index contributed by atoms with van der Waals surface area (Å²) in [5.74, 6) is 1.97. The van der Waals surface area contributed by atoms with E-state index in [-0.39, 0.29) is 17.9 Å². The summed E-state index contributed by atoms with van der Waals surface area (Å²) in [5, 5.41) is 4.72. The first-order valence-corrected chi connectivity index (χ1v) is 15.7. The molecule has 2 saturated heterocycles. The molecule has 3 aliphatic rings. The summed E-state index contributed by atoms with van der Waals surface area (Å²) in [5.41, 5.74) is 4.65. The first kappa shape index (κ1) is 27.4. The predicted octanol–water partition coefficient (Wildman–Crippen LogP) is 5.27. The summed E-state index contributed by atoms with van der Waals surface area (Å²) in [7, 11) is 0. The first-order chi connectivity index (χ1) is 19.5. The molecule has 0 bridgehead atoms. The minimum Gasteiger partial charge on any atom is -0.490 e. The number of fused-ring (bicyclic) bond motifs is 3. The van der Waals surface area contributed by atoms with Crippen molar-refractivity contribution in [3.8, 4) is 5.75 Å². The Labute approximate surface area is 241 Å². The number of likely N-dealkylation sites (tertiary alicyclic amines) is 1. The van der Waals surface area contributed by atoms with Crippen molar-refractivity contribution < 1.29 is 14.3 Å². The molecule has 3 aromatic rings. The fourth-order valence-electron chi connectivity index (χ4n) is 6.31. The normalized spacial score (nSPS) is 21.8. The molecule has 9 heteroatoms. The van der Waals surface area contributed by atoms with Crippen molar-refractivity contribution in [2.75, 3.05) is 51.3 Å². The van der Waals surface area contributed by atoms with E-state index in [2.05, 4.69) is 48.1 Å². The van der Waals surface area contributed by atoms with Gasteiger partial charge in [-0.3, -0.25) is 9.69 Å². The van der Waals surface area contributed by atoms with E-state index >= 15 is 0 Å². The van der Waals surface area contributed by atoms with Crippen LogP contribution in [0.1, 0.15) is 54.2 Å². The molecule has 2 aliphatic heterocycles. The molecule has 2 fully saturated rings. The van der Waals surface area contributed by atoms with Gasteiger partial charge in [-0.25, -0.2) is 9.97 Å². The van der Waals surface area contributed by atoms with Gasteiger partial charge in [0.1, 0.15) is 29.3 Å². The van der Waals surface area contributed by atoms with Gasteiger partial charge in [-0.15, -0.1) is 11.3 Å². The van der Waals surface area contributed by atoms with Crippen LogP contribution in [0.2, 0.25) is 0 Å². The molecule has 214 valence electrons. The standard InChI is InChI=1S/C31H41N5O3S/c1-20-15-25(26(16-21(20)2)39-14-11-35-9-5-4-6-10-35)34-29-28-24-8-7-23(17-27(24)40-30(28)33-19-32-29)31(37)36-12-13-38-18-22(36)3/h15-16,19,22-23H,4-14,17-18H2,1-3H3,(H,32,33,34). The Morgan fingerprint density at radius 3 is 2.80 bits per heavy atom. The number of anilines is 2. The van der Waals surface area contributed by atoms with Gasteiger partial charge < -0.3 is 19.7 Å². The van der Waals surface area contributed by atoms with Gasteiger partial charge in [0, 0.05) is 23.9 Å². The Bertz CT molecular complexity index is 1370. The van der Waals surface area contributed by atoms with Crippen molar-refractivity contribution in [3.05, 3.63) is 40.0 Å². The summed E-state index contributed by atoms with van der Waals surface area (Å²) in [6.45, 7) is 12.2. The number of benzene rings is 1. The van der Waals surface area contributed by atoms with Crippen LogP contribution in [0.15, 0.2) is 18.5 Å². The molecule has 4 heterocycles. The van der Waals surface area contributed by atoms with Gasteiger partial charge in [-0.2, -0.15) is 0 Å². The maximum atomic E-state index is 13.4. The number of piperidine rings is 1. The number of amides is 1. The van der Waals surface area contributed by atoms with Crippen LogP contribution in [0.3, 0.4) is 0 Å². The smallest absolute Gasteiger partial charge is 0.226 e. The fraction of sp³-hybridized carbons (Fsp3) is 0.581. The Hall–Kier alpha value is -2.75. The number of hydrogen-bond acceptors (Lipinski definition) is 8. The van der Waals surface area contributed by atoms with Gasteiger partial charge in [0.05, 0.1) is 30.3 Å². The zero-order valence-electron chi connectivity index (χ0n) is 24.0. The number of hydrogen-bond donors (Lipinski definition) is 1. The van der Waals surface area contributed by atoms with Crippen LogP contribution in [0, 0.1) is 19.8 Å². The minimum absolute atomic E-state index is 0.0186. The van der Waals surface area contributed by atoms with E-state index < -0.39 is 0 Å². The third-order valence-electron chi connectivity index (χ3n) is 8.81. The summed E-state index contributed by atoms with van der Waals surface area (Å²) in [6, 6.07) is 4.44. The number of nitrogens with zero attached hydrogens (tertiary/aromatic N) is 4. The molecule has 6 rings (SSSR count). The molecular weight excluding hydrogens is 522 g/mol. The van der Waals surface area contributed by atoms with Crippen molar-refractivity contribution in [1.29, 1.82) is 0 Å². The van der Waals surface area contributed by atoms with Crippen molar-refractivity contribution in [2.45, 2.75) is 65.3 Å². The molecule has 1 aliphatic carbocycles. The van der Waals surface area contributed by atoms with Crippen LogP contribution < -0.4 is 10.1 Å². The zero-order chi connectivity index (χ0) is 27.6. The lowest BCUT2D eigenvalue weighted by molar-refractivity contribution is -0.143. The van der Waals surface area contributed by atoms with Crippen molar-refractivity contribution in [3.63, 3.8) is 0 Å². The van der Waals surface area contributed by atoms with Crippen LogP contribution in [0.5, 0.6) is 5.75 Å². The van der Waals surface area contributed by atoms with Gasteiger partial charge >= 0.3 is 0 Å². The molecule has 1 N–H and O–H groups in total. The monoisotopic (exact) mass is 563 g/mol. The predicted molar refractivity (Wildman–Crippen MR) is 160 cm³/mol. The summed E-state index contributed by atoms with van der Waals surface area (Å²) in [4.78, 5) is 29.5. The van der Waals surface area contributed by atoms with Crippen molar-refractivity contribution in [2.24, 2.45) is 5.92 Å². The Balaban J connectivity index is 1.22. The number of thiophene rings is 1. The van der Waals surface area contributed by atoms with E-state index in [0.717, 1.165) is 53.3 Å². The molecule has 40 heavy (non-hydrogen) atoms. The van der Waals surface area contributed by atoms with Crippen LogP contribution >= 0.6 is 11.3 Å². The molecule has 0 saturated carbocycles. The molecule has 2 atom stereocenters. The highest BCUT2D eigenvalue weighted by molar-refractivity contribution is 7.19. The van der Waals surface area contributed by atoms with Gasteiger partial charge in [-0.1, -0.05) is 6.42 Å². The third kappa shape index (κ3) is 5.69. The molecule has 1 amide bonds. The van der Waals surface area contributed by atoms with Gasteiger partial charge in [-0.05, 0) is 94.8 Å². The van der Waals surface area contributed by atoms with Crippen LogP contribution in [-0.2, 0) is 22.4 Å². The highest BCUT2D eigenvalue weighted by Gasteiger charge is 2.34. The van der Waals surface area contributed by atoms with Crippen molar-refractivity contribution >= 4 is 39.0 Å². The van der Waals surface area contributed by atoms with Gasteiger partial charge in [0.25, 0.3) is 0 Å². The molecule has 8 nitrogen and oxygen atoms in total. The third-order valence-corrected chi connectivity index (χ3v) is 9.97. The quantitative estimate of drug-likeness (QED) is 0.420. The van der Waals surface area contributed by atoms with Crippen LogP contribution in [0.25, 0.3) is 10.2 Å². The summed E-state index contributed by atoms with van der Waals surface area (Å²) >= 11 is 1.71. The fourth-order valence-corrected chi connectivity index (χ4v) is 7.57. The molecular formula is C31H41N5O3S. The van der Waals surface area contributed by atoms with E-state index in [1.807, 2.05) is 4.90 Å². The Morgan fingerprint density at radius 2 is 1.98 bits per heavy atom. The Kier molecular flexibility index (Phi) is 8.23. The number of aryl methyl sites for hydroxylation is 3. The summed E-state index contributed by atoms with van der Waals surface area (Å²) < 4.78 is 11.9. The minimum atomic E-state index is 0.0186. The SMILES string of the molecule is Cc1cc(Nc2ncnc3sc4c(c23)CCC(C(=O)N2CCOCC2C)C4)c(OCCN2CCCCC2)cc1C. The average molecular weight is 564 g/mol. The van der Waals surface area contributed by atoms with Crippen molar-refractivity contribution in [1.82, 2.24) is 19.8 Å². The van der Waals surface area contributed by atoms with Gasteiger partial charge in [0.2, 0.25) is 5.91 Å². The highest BCUT2D eigenvalue weighted by atomic mass is 32.1. The maximum absolute atomic E-state index is 13.4. The zero-order valence-corrected chi connectivity index (χ0v) is 24.8. The Morgan fingerprint density at radius 1 is 1.15 bits per heavy atom. The number of rotatable bonds is 7. The lowest BCUT2D eigenvalue weighted by Crippen LogP contribution is -2.50. The first-order valence-electron chi connectivity index (χ1n) is 14.8. The molecule has 0 radical (unpaired) electrons. The van der Waals surface area contributed by atoms with E-state index in [1.54, 1.807) is 17.7 Å². The number of nitrogens with one attached hydrogen (secondary N) is 1. The average Bonchev–Trinajstić information content (AvgIpc) is 3.35. The van der Waals surface area contributed by atoms with E-state index in [1.165, 1.54) is 53.9 Å². The van der Waals surface area contributed by atoms with Gasteiger partial charge in [0.15, 0.2) is 0 Å². The number of aromatic nitrogens is 2. The maximum Gasteiger partial charge on any atom is 0.226 e. The topological polar surface area (TPSA) is 79.8 Å². The molecule has 2 aromatic heterocycles. The second-order valence-corrected chi connectivity index (χ2v) is 12.7. The lowest BCUT2D eigenvalue weighted by Gasteiger charge is -2.36. The highest BCUT2D eigenvalue weighted by Crippen LogP contribution is 2.42. The van der Waals surface area contributed by atoms with E-state index in [0.29, 0.717) is 26.4 Å². The van der Waals surface area contributed by atoms with Crippen LogP contribution in [0.4, 0.5) is 11.5 Å². The van der Waals surface area contributed by atoms with Crippen LogP contribution in [-0.4, -0.2) is 77.7 Å². The van der Waals surface area contributed by atoms with E-state index in [4.69, 9.17) is 14.5 Å². The number of carbonyl (C=O) groups excluding carboxylic acids is 1.